The molecule has 2 heterocycles. The first-order valence-electron chi connectivity index (χ1n) is 7.90. The van der Waals surface area contributed by atoms with Gasteiger partial charge in [-0.2, -0.15) is 0 Å². The van der Waals surface area contributed by atoms with Gasteiger partial charge in [0.2, 0.25) is 0 Å². The molecule has 1 saturated heterocycles. The first kappa shape index (κ1) is 14.1. The van der Waals surface area contributed by atoms with E-state index in [1.54, 1.807) is 0 Å². The van der Waals surface area contributed by atoms with Crippen molar-refractivity contribution in [2.75, 3.05) is 27.2 Å². The van der Waals surface area contributed by atoms with E-state index in [1.807, 2.05) is 6.26 Å². The van der Waals surface area contributed by atoms with E-state index in [-0.39, 0.29) is 0 Å². The summed E-state index contributed by atoms with van der Waals surface area (Å²) in [5, 5.41) is 3.57. The van der Waals surface area contributed by atoms with Crippen molar-refractivity contribution in [3.05, 3.63) is 23.7 Å². The van der Waals surface area contributed by atoms with Crippen molar-refractivity contribution in [2.45, 2.75) is 50.9 Å². The normalized spacial score (nSPS) is 24.4. The molecule has 0 bridgehead atoms. The number of nitrogens with zero attached hydrogens (tertiary/aromatic N) is 2. The number of likely N-dealkylation sites (tertiary alicyclic amines) is 1. The van der Waals surface area contributed by atoms with Gasteiger partial charge in [0.1, 0.15) is 5.76 Å². The van der Waals surface area contributed by atoms with E-state index in [0.717, 1.165) is 24.9 Å². The zero-order valence-corrected chi connectivity index (χ0v) is 12.8. The fourth-order valence-corrected chi connectivity index (χ4v) is 3.06. The second kappa shape index (κ2) is 6.29. The number of hydrogen-bond donors (Lipinski definition) is 1. The molecule has 1 unspecified atom stereocenters. The summed E-state index contributed by atoms with van der Waals surface area (Å²) < 4.78 is 5.71. The Morgan fingerprint density at radius 2 is 2.25 bits per heavy atom. The molecule has 1 aromatic heterocycles. The van der Waals surface area contributed by atoms with Crippen molar-refractivity contribution in [1.82, 2.24) is 15.1 Å². The van der Waals surface area contributed by atoms with Crippen LogP contribution in [-0.2, 0) is 13.1 Å². The van der Waals surface area contributed by atoms with E-state index in [0.29, 0.717) is 6.04 Å². The minimum atomic E-state index is 0.656. The van der Waals surface area contributed by atoms with Crippen LogP contribution in [0.1, 0.15) is 37.0 Å². The number of likely N-dealkylation sites (N-methyl/N-ethyl adjacent to an activating group) is 2. The van der Waals surface area contributed by atoms with Crippen LogP contribution in [0.3, 0.4) is 0 Å². The first-order valence-corrected chi connectivity index (χ1v) is 7.90. The molecule has 1 saturated carbocycles. The van der Waals surface area contributed by atoms with Crippen LogP contribution in [0.2, 0.25) is 0 Å². The summed E-state index contributed by atoms with van der Waals surface area (Å²) in [6, 6.07) is 3.52. The van der Waals surface area contributed by atoms with Crippen molar-refractivity contribution >= 4 is 0 Å². The summed E-state index contributed by atoms with van der Waals surface area (Å²) in [6.07, 6.45) is 7.11. The van der Waals surface area contributed by atoms with Gasteiger partial charge < -0.3 is 14.6 Å². The van der Waals surface area contributed by atoms with E-state index in [1.165, 1.54) is 44.3 Å². The fourth-order valence-electron chi connectivity index (χ4n) is 3.06. The van der Waals surface area contributed by atoms with Crippen LogP contribution in [0.4, 0.5) is 0 Å². The molecule has 1 aromatic rings. The molecule has 1 atom stereocenters. The summed E-state index contributed by atoms with van der Waals surface area (Å²) >= 11 is 0. The van der Waals surface area contributed by atoms with Gasteiger partial charge >= 0.3 is 0 Å². The van der Waals surface area contributed by atoms with Gasteiger partial charge in [-0.15, -0.1) is 0 Å². The van der Waals surface area contributed by atoms with Gasteiger partial charge in [0.25, 0.3) is 0 Å². The smallest absolute Gasteiger partial charge is 0.122 e. The van der Waals surface area contributed by atoms with Crippen LogP contribution in [0.25, 0.3) is 0 Å². The molecule has 0 aromatic carbocycles. The van der Waals surface area contributed by atoms with Crippen LogP contribution < -0.4 is 5.32 Å². The molecule has 3 rings (SSSR count). The van der Waals surface area contributed by atoms with Crippen LogP contribution in [-0.4, -0.2) is 49.1 Å². The molecular weight excluding hydrogens is 250 g/mol. The van der Waals surface area contributed by atoms with Crippen LogP contribution in [0, 0.1) is 0 Å². The SMILES string of the molecule is CN1CCCC(N(C)Cc2occc2CNC2CC2)C1. The third kappa shape index (κ3) is 3.62. The molecule has 4 heteroatoms. The maximum absolute atomic E-state index is 5.71. The van der Waals surface area contributed by atoms with E-state index in [4.69, 9.17) is 4.42 Å². The molecule has 4 nitrogen and oxygen atoms in total. The zero-order chi connectivity index (χ0) is 13.9. The highest BCUT2D eigenvalue weighted by molar-refractivity contribution is 5.17. The largest absolute Gasteiger partial charge is 0.468 e. The van der Waals surface area contributed by atoms with E-state index < -0.39 is 0 Å². The van der Waals surface area contributed by atoms with Crippen LogP contribution in [0.5, 0.6) is 0 Å². The number of piperidine rings is 1. The van der Waals surface area contributed by atoms with Gasteiger partial charge in [0.05, 0.1) is 12.8 Å². The molecule has 0 amide bonds. The Balaban J connectivity index is 1.54. The predicted octanol–water partition coefficient (Wildman–Crippen LogP) is 2.06. The monoisotopic (exact) mass is 277 g/mol. The molecule has 20 heavy (non-hydrogen) atoms. The quantitative estimate of drug-likeness (QED) is 0.862. The lowest BCUT2D eigenvalue weighted by atomic mass is 10.0. The highest BCUT2D eigenvalue weighted by atomic mass is 16.3. The lowest BCUT2D eigenvalue weighted by molar-refractivity contribution is 0.123. The highest BCUT2D eigenvalue weighted by Crippen LogP contribution is 2.22. The summed E-state index contributed by atoms with van der Waals surface area (Å²) in [7, 11) is 4.45. The topological polar surface area (TPSA) is 31.6 Å². The Hall–Kier alpha value is -0.840. The summed E-state index contributed by atoms with van der Waals surface area (Å²) in [5.74, 6) is 1.13. The van der Waals surface area contributed by atoms with Gasteiger partial charge in [0.15, 0.2) is 0 Å². The summed E-state index contributed by atoms with van der Waals surface area (Å²) in [5.41, 5.74) is 1.33. The molecule has 0 radical (unpaired) electrons. The first-order chi connectivity index (χ1) is 9.72. The van der Waals surface area contributed by atoms with Gasteiger partial charge in [0, 0.05) is 30.7 Å². The van der Waals surface area contributed by atoms with Crippen molar-refractivity contribution < 1.29 is 4.42 Å². The van der Waals surface area contributed by atoms with Gasteiger partial charge in [-0.3, -0.25) is 4.90 Å². The lowest BCUT2D eigenvalue weighted by Gasteiger charge is -2.35. The molecule has 1 aliphatic heterocycles. The Kier molecular flexibility index (Phi) is 4.44. The Morgan fingerprint density at radius 1 is 1.40 bits per heavy atom. The minimum absolute atomic E-state index is 0.656. The van der Waals surface area contributed by atoms with Gasteiger partial charge in [-0.1, -0.05) is 0 Å². The highest BCUT2D eigenvalue weighted by Gasteiger charge is 2.24. The van der Waals surface area contributed by atoms with Crippen LogP contribution in [0.15, 0.2) is 16.7 Å². The maximum atomic E-state index is 5.71. The van der Waals surface area contributed by atoms with Crippen molar-refractivity contribution in [1.29, 1.82) is 0 Å². The molecule has 0 spiro atoms. The van der Waals surface area contributed by atoms with E-state index >= 15 is 0 Å². The molecule has 2 aliphatic rings. The third-order valence-corrected chi connectivity index (χ3v) is 4.61. The number of furan rings is 1. The summed E-state index contributed by atoms with van der Waals surface area (Å²) in [4.78, 5) is 4.89. The number of rotatable bonds is 6. The lowest BCUT2D eigenvalue weighted by Crippen LogP contribution is -2.44. The number of nitrogens with one attached hydrogen (secondary N) is 1. The van der Waals surface area contributed by atoms with Crippen molar-refractivity contribution in [3.8, 4) is 0 Å². The van der Waals surface area contributed by atoms with Crippen molar-refractivity contribution in [3.63, 3.8) is 0 Å². The Labute approximate surface area is 122 Å². The van der Waals surface area contributed by atoms with E-state index in [2.05, 4.69) is 35.3 Å². The Bertz CT molecular complexity index is 427. The summed E-state index contributed by atoms with van der Waals surface area (Å²) in [6.45, 7) is 4.29. The second-order valence-corrected chi connectivity index (χ2v) is 6.50. The molecular formula is C16H27N3O. The average Bonchev–Trinajstić information content (AvgIpc) is 3.17. The van der Waals surface area contributed by atoms with Crippen LogP contribution >= 0.6 is 0 Å². The minimum Gasteiger partial charge on any atom is -0.468 e. The van der Waals surface area contributed by atoms with Gasteiger partial charge in [-0.25, -0.2) is 0 Å². The van der Waals surface area contributed by atoms with E-state index in [9.17, 15) is 0 Å². The average molecular weight is 277 g/mol. The molecule has 1 N–H and O–H groups in total. The maximum Gasteiger partial charge on any atom is 0.122 e. The second-order valence-electron chi connectivity index (χ2n) is 6.50. The Morgan fingerprint density at radius 3 is 3.00 bits per heavy atom. The fraction of sp³-hybridized carbons (Fsp3) is 0.750. The predicted molar refractivity (Wildman–Crippen MR) is 80.6 cm³/mol. The molecule has 112 valence electrons. The standard InChI is InChI=1S/C16H27N3O/c1-18-8-3-4-15(11-18)19(2)12-16-13(7-9-20-16)10-17-14-5-6-14/h7,9,14-15,17H,3-6,8,10-12H2,1-2H3. The van der Waals surface area contributed by atoms with Gasteiger partial charge in [-0.05, 0) is 52.4 Å². The molecule has 1 aliphatic carbocycles. The zero-order valence-electron chi connectivity index (χ0n) is 12.8. The third-order valence-electron chi connectivity index (χ3n) is 4.61. The van der Waals surface area contributed by atoms with Crippen molar-refractivity contribution in [2.24, 2.45) is 0 Å². The molecule has 2 fully saturated rings. The number of hydrogen-bond acceptors (Lipinski definition) is 4.